The van der Waals surface area contributed by atoms with E-state index in [4.69, 9.17) is 16.6 Å². The molecule has 10 heteroatoms. The Morgan fingerprint density at radius 1 is 1.39 bits per heavy atom. The van der Waals surface area contributed by atoms with Crippen molar-refractivity contribution in [1.29, 1.82) is 0 Å². The summed E-state index contributed by atoms with van der Waals surface area (Å²) in [5.74, 6) is -0.787. The van der Waals surface area contributed by atoms with E-state index in [1.807, 2.05) is 6.92 Å². The summed E-state index contributed by atoms with van der Waals surface area (Å²) in [6.45, 7) is 3.60. The number of rotatable bonds is 8. The molecule has 8 nitrogen and oxygen atoms in total. The third kappa shape index (κ3) is 4.86. The van der Waals surface area contributed by atoms with Crippen LogP contribution in [0.15, 0.2) is 39.7 Å². The van der Waals surface area contributed by atoms with Crippen molar-refractivity contribution < 1.29 is 24.0 Å². The highest BCUT2D eigenvalue weighted by Gasteiger charge is 2.40. The molecular weight excluding hydrogens is 440 g/mol. The van der Waals surface area contributed by atoms with Crippen molar-refractivity contribution in [1.82, 2.24) is 4.90 Å². The average Bonchev–Trinajstić information content (AvgIpc) is 3.28. The summed E-state index contributed by atoms with van der Waals surface area (Å²) in [7, 11) is 0. The zero-order chi connectivity index (χ0) is 22.7. The molecule has 1 fully saturated rings. The molecule has 2 heterocycles. The smallest absolute Gasteiger partial charge is 0.326 e. The van der Waals surface area contributed by atoms with Crippen molar-refractivity contribution in [3.8, 4) is 11.3 Å². The Balaban J connectivity index is 1.85. The number of unbranched alkanes of at least 4 members (excludes halogenated alkanes) is 1. The lowest BCUT2D eigenvalue weighted by Gasteiger charge is -2.22. The SMILES string of the molecule is CCCC[C@H](C(=O)O)N1C(=O)/C(=C\c2ccc(-c3ccc(C)c([N+](=O)[O-])c3)o2)SC1=S. The Morgan fingerprint density at radius 3 is 2.77 bits per heavy atom. The molecule has 1 N–H and O–H groups in total. The number of carbonyl (C=O) groups excluding carboxylic acids is 1. The second-order valence-electron chi connectivity index (χ2n) is 7.01. The Morgan fingerprint density at radius 2 is 2.13 bits per heavy atom. The molecule has 162 valence electrons. The molecular formula is C21H20N2O6S2. The largest absolute Gasteiger partial charge is 0.480 e. The van der Waals surface area contributed by atoms with Crippen molar-refractivity contribution >= 4 is 51.9 Å². The molecule has 1 aliphatic rings. The molecule has 3 rings (SSSR count). The van der Waals surface area contributed by atoms with Gasteiger partial charge in [0.15, 0.2) is 0 Å². The first-order chi connectivity index (χ1) is 14.7. The molecule has 0 aliphatic carbocycles. The van der Waals surface area contributed by atoms with Crippen LogP contribution in [0.25, 0.3) is 17.4 Å². The third-order valence-corrected chi connectivity index (χ3v) is 6.17. The molecule has 1 aromatic heterocycles. The van der Waals surface area contributed by atoms with E-state index in [0.717, 1.165) is 23.1 Å². The summed E-state index contributed by atoms with van der Waals surface area (Å²) in [5.41, 5.74) is 1.07. The number of carbonyl (C=O) groups is 2. The molecule has 31 heavy (non-hydrogen) atoms. The molecule has 0 bridgehead atoms. The predicted molar refractivity (Wildman–Crippen MR) is 121 cm³/mol. The number of nitro benzene ring substituents is 1. The number of hydrogen-bond donors (Lipinski definition) is 1. The van der Waals surface area contributed by atoms with Crippen LogP contribution in [0.2, 0.25) is 0 Å². The summed E-state index contributed by atoms with van der Waals surface area (Å²) in [6.07, 6.45) is 3.30. The van der Waals surface area contributed by atoms with Crippen LogP contribution in [0.3, 0.4) is 0 Å². The van der Waals surface area contributed by atoms with Gasteiger partial charge < -0.3 is 9.52 Å². The molecule has 0 spiro atoms. The Kier molecular flexibility index (Phi) is 6.91. The van der Waals surface area contributed by atoms with Crippen LogP contribution in [-0.2, 0) is 9.59 Å². The van der Waals surface area contributed by atoms with Gasteiger partial charge in [-0.25, -0.2) is 4.79 Å². The maximum absolute atomic E-state index is 12.8. The van der Waals surface area contributed by atoms with Gasteiger partial charge in [0.05, 0.1) is 9.83 Å². The van der Waals surface area contributed by atoms with Gasteiger partial charge in [0.1, 0.15) is 21.9 Å². The topological polar surface area (TPSA) is 114 Å². The van der Waals surface area contributed by atoms with Crippen molar-refractivity contribution in [3.63, 3.8) is 0 Å². The fourth-order valence-electron chi connectivity index (χ4n) is 3.18. The molecule has 1 aliphatic heterocycles. The van der Waals surface area contributed by atoms with E-state index in [-0.39, 0.29) is 14.9 Å². The zero-order valence-corrected chi connectivity index (χ0v) is 18.5. The fourth-order valence-corrected chi connectivity index (χ4v) is 4.52. The highest BCUT2D eigenvalue weighted by molar-refractivity contribution is 8.26. The lowest BCUT2D eigenvalue weighted by Crippen LogP contribution is -2.43. The van der Waals surface area contributed by atoms with Gasteiger partial charge in [0.25, 0.3) is 11.6 Å². The van der Waals surface area contributed by atoms with Crippen LogP contribution >= 0.6 is 24.0 Å². The molecule has 2 aromatic rings. The molecule has 1 saturated heterocycles. The molecule has 0 unspecified atom stereocenters. The van der Waals surface area contributed by atoms with Gasteiger partial charge >= 0.3 is 5.97 Å². The van der Waals surface area contributed by atoms with Crippen LogP contribution in [0.4, 0.5) is 5.69 Å². The molecule has 1 atom stereocenters. The van der Waals surface area contributed by atoms with Gasteiger partial charge in [0, 0.05) is 23.3 Å². The van der Waals surface area contributed by atoms with Crippen LogP contribution in [0, 0.1) is 17.0 Å². The third-order valence-electron chi connectivity index (χ3n) is 4.84. The lowest BCUT2D eigenvalue weighted by atomic mass is 10.1. The summed E-state index contributed by atoms with van der Waals surface area (Å²) in [4.78, 5) is 36.6. The standard InChI is InChI=1S/C21H20N2O6S2/c1-3-4-5-15(20(25)26)22-19(24)18(31-21(22)30)11-14-8-9-17(29-14)13-7-6-12(2)16(10-13)23(27)28/h6-11,15H,3-5H2,1-2H3,(H,25,26)/b18-11+/t15-/m1/s1. The highest BCUT2D eigenvalue weighted by Crippen LogP contribution is 2.36. The number of nitrogens with zero attached hydrogens (tertiary/aromatic N) is 2. The molecule has 1 aromatic carbocycles. The second-order valence-corrected chi connectivity index (χ2v) is 8.68. The quantitative estimate of drug-likeness (QED) is 0.253. The maximum Gasteiger partial charge on any atom is 0.326 e. The van der Waals surface area contributed by atoms with Gasteiger partial charge in [0.2, 0.25) is 0 Å². The Labute approximate surface area is 188 Å². The van der Waals surface area contributed by atoms with E-state index < -0.39 is 22.8 Å². The number of carboxylic acid groups (broad SMARTS) is 1. The van der Waals surface area contributed by atoms with Crippen LogP contribution in [0.1, 0.15) is 37.5 Å². The minimum Gasteiger partial charge on any atom is -0.480 e. The van der Waals surface area contributed by atoms with Gasteiger partial charge in [-0.2, -0.15) is 0 Å². The fraction of sp³-hybridized carbons (Fsp3) is 0.286. The number of thiocarbonyl (C=S) groups is 1. The summed E-state index contributed by atoms with van der Waals surface area (Å²) >= 11 is 6.28. The first-order valence-electron chi connectivity index (χ1n) is 9.58. The van der Waals surface area contributed by atoms with Crippen molar-refractivity contribution in [2.45, 2.75) is 39.2 Å². The van der Waals surface area contributed by atoms with Crippen LogP contribution in [0.5, 0.6) is 0 Å². The predicted octanol–water partition coefficient (Wildman–Crippen LogP) is 5.01. The maximum atomic E-state index is 12.8. The zero-order valence-electron chi connectivity index (χ0n) is 16.9. The molecule has 1 amide bonds. The number of benzene rings is 1. The average molecular weight is 461 g/mol. The van der Waals surface area contributed by atoms with Gasteiger partial charge in [-0.1, -0.05) is 55.9 Å². The summed E-state index contributed by atoms with van der Waals surface area (Å²) in [6, 6.07) is 7.08. The lowest BCUT2D eigenvalue weighted by molar-refractivity contribution is -0.385. The second kappa shape index (κ2) is 9.44. The highest BCUT2D eigenvalue weighted by atomic mass is 32.2. The number of amides is 1. The summed E-state index contributed by atoms with van der Waals surface area (Å²) < 4.78 is 5.95. The van der Waals surface area contributed by atoms with Gasteiger partial charge in [-0.05, 0) is 25.5 Å². The van der Waals surface area contributed by atoms with Crippen molar-refractivity contribution in [2.24, 2.45) is 0 Å². The number of aryl methyl sites for hydroxylation is 1. The first kappa shape index (κ1) is 22.7. The van der Waals surface area contributed by atoms with E-state index in [9.17, 15) is 24.8 Å². The number of thioether (sulfide) groups is 1. The van der Waals surface area contributed by atoms with E-state index >= 15 is 0 Å². The van der Waals surface area contributed by atoms with Gasteiger partial charge in [-0.15, -0.1) is 0 Å². The Hall–Kier alpha value is -2.98. The monoisotopic (exact) mass is 460 g/mol. The van der Waals surface area contributed by atoms with Crippen molar-refractivity contribution in [3.05, 3.63) is 56.7 Å². The first-order valence-corrected chi connectivity index (χ1v) is 10.8. The minimum absolute atomic E-state index is 0.0110. The van der Waals surface area contributed by atoms with Crippen molar-refractivity contribution in [2.75, 3.05) is 0 Å². The van der Waals surface area contributed by atoms with E-state index in [2.05, 4.69) is 0 Å². The normalized spacial score (nSPS) is 16.2. The number of aliphatic carboxylic acids is 1. The van der Waals surface area contributed by atoms with Crippen LogP contribution in [-0.4, -0.2) is 37.2 Å². The number of furan rings is 1. The van der Waals surface area contributed by atoms with E-state index in [1.165, 1.54) is 12.1 Å². The number of carboxylic acids is 1. The van der Waals surface area contributed by atoms with Crippen LogP contribution < -0.4 is 0 Å². The number of hydrogen-bond acceptors (Lipinski definition) is 7. The number of nitro groups is 1. The Bertz CT molecular complexity index is 1090. The van der Waals surface area contributed by atoms with Gasteiger partial charge in [-0.3, -0.25) is 19.8 Å². The van der Waals surface area contributed by atoms with E-state index in [0.29, 0.717) is 35.5 Å². The van der Waals surface area contributed by atoms with E-state index in [1.54, 1.807) is 31.2 Å². The molecule has 0 saturated carbocycles. The minimum atomic E-state index is -1.09. The summed E-state index contributed by atoms with van der Waals surface area (Å²) in [5, 5.41) is 20.7. The molecule has 0 radical (unpaired) electrons.